The summed E-state index contributed by atoms with van der Waals surface area (Å²) in [4.78, 5) is 0. The van der Waals surface area contributed by atoms with Crippen LogP contribution >= 0.6 is 0 Å². The molecule has 0 atom stereocenters. The van der Waals surface area contributed by atoms with Crippen LogP contribution in [0.1, 0.15) is 12.8 Å². The van der Waals surface area contributed by atoms with Crippen molar-refractivity contribution < 1.29 is 13.2 Å². The van der Waals surface area contributed by atoms with Gasteiger partial charge in [-0.2, -0.15) is 0 Å². The van der Waals surface area contributed by atoms with Crippen LogP contribution < -0.4 is 0 Å². The predicted octanol–water partition coefficient (Wildman–Crippen LogP) is 0.210. The summed E-state index contributed by atoms with van der Waals surface area (Å²) in [6.45, 7) is 0. The zero-order chi connectivity index (χ0) is 7.61. The molecule has 0 aromatic carbocycles. The van der Waals surface area contributed by atoms with Crippen LogP contribution in [0.5, 0.6) is 0 Å². The average molecular weight is 164 g/mol. The third-order valence-corrected chi connectivity index (χ3v) is 3.55. The maximum atomic E-state index is 10.9. The maximum Gasteiger partial charge on any atom is 0.150 e. The molecule has 1 heterocycles. The molecule has 0 N–H and O–H groups in total. The van der Waals surface area contributed by atoms with Gasteiger partial charge in [0.05, 0.1) is 17.6 Å². The maximum absolute atomic E-state index is 10.9. The number of ether oxygens (including phenoxy) is 1. The highest BCUT2D eigenvalue weighted by atomic mass is 32.2. The van der Waals surface area contributed by atoms with Crippen molar-refractivity contribution in [1.82, 2.24) is 0 Å². The number of sulfone groups is 1. The van der Waals surface area contributed by atoms with Gasteiger partial charge in [0.15, 0.2) is 9.84 Å². The Labute approximate surface area is 61.3 Å². The van der Waals surface area contributed by atoms with E-state index < -0.39 is 9.84 Å². The van der Waals surface area contributed by atoms with Gasteiger partial charge in [-0.25, -0.2) is 8.42 Å². The van der Waals surface area contributed by atoms with Gasteiger partial charge in [0.1, 0.15) is 0 Å². The van der Waals surface area contributed by atoms with Crippen LogP contribution in [0.3, 0.4) is 0 Å². The quantitative estimate of drug-likeness (QED) is 0.556. The molecule has 0 aromatic rings. The second kappa shape index (κ2) is 2.88. The second-order valence-electron chi connectivity index (χ2n) is 2.59. The van der Waals surface area contributed by atoms with E-state index in [9.17, 15) is 8.42 Å². The Bertz CT molecular complexity index is 181. The number of rotatable bonds is 1. The van der Waals surface area contributed by atoms with Gasteiger partial charge in [-0.3, -0.25) is 0 Å². The van der Waals surface area contributed by atoms with E-state index in [0.29, 0.717) is 24.3 Å². The van der Waals surface area contributed by atoms with Gasteiger partial charge in [0, 0.05) is 7.11 Å². The van der Waals surface area contributed by atoms with Crippen LogP contribution in [0.15, 0.2) is 0 Å². The molecule has 0 aromatic heterocycles. The summed E-state index contributed by atoms with van der Waals surface area (Å²) >= 11 is 0. The largest absolute Gasteiger partial charge is 0.381 e. The first-order chi connectivity index (χ1) is 4.64. The predicted molar refractivity (Wildman–Crippen MR) is 38.7 cm³/mol. The highest BCUT2D eigenvalue weighted by Crippen LogP contribution is 2.13. The Balaban J connectivity index is 2.46. The Morgan fingerprint density at radius 1 is 1.30 bits per heavy atom. The molecular weight excluding hydrogens is 152 g/mol. The van der Waals surface area contributed by atoms with E-state index in [1.165, 1.54) is 0 Å². The highest BCUT2D eigenvalue weighted by Gasteiger charge is 2.22. The van der Waals surface area contributed by atoms with Gasteiger partial charge in [-0.05, 0) is 12.8 Å². The lowest BCUT2D eigenvalue weighted by atomic mass is 10.2. The monoisotopic (exact) mass is 164 g/mol. The van der Waals surface area contributed by atoms with Gasteiger partial charge < -0.3 is 4.74 Å². The third-order valence-electron chi connectivity index (χ3n) is 1.83. The Kier molecular flexibility index (Phi) is 2.31. The van der Waals surface area contributed by atoms with Gasteiger partial charge in [-0.1, -0.05) is 0 Å². The van der Waals surface area contributed by atoms with Gasteiger partial charge >= 0.3 is 0 Å². The lowest BCUT2D eigenvalue weighted by Gasteiger charge is -2.19. The van der Waals surface area contributed by atoms with E-state index in [1.807, 2.05) is 0 Å². The van der Waals surface area contributed by atoms with E-state index in [4.69, 9.17) is 4.74 Å². The molecule has 0 aliphatic carbocycles. The Hall–Kier alpha value is -0.0900. The van der Waals surface area contributed by atoms with Crippen LogP contribution in [-0.4, -0.2) is 33.1 Å². The molecule has 60 valence electrons. The molecule has 1 saturated heterocycles. The van der Waals surface area contributed by atoms with Gasteiger partial charge in [-0.15, -0.1) is 0 Å². The molecule has 0 unspecified atom stereocenters. The molecule has 1 fully saturated rings. The van der Waals surface area contributed by atoms with E-state index in [-0.39, 0.29) is 6.10 Å². The standard InChI is InChI=1S/C6H12O3S/c1-9-6-2-4-10(7,8)5-3-6/h6H,2-5H2,1H3. The third kappa shape index (κ3) is 1.95. The first kappa shape index (κ1) is 8.01. The highest BCUT2D eigenvalue weighted by molar-refractivity contribution is 7.91. The fourth-order valence-electron chi connectivity index (χ4n) is 1.10. The summed E-state index contributed by atoms with van der Waals surface area (Å²) in [6.07, 6.45) is 1.50. The van der Waals surface area contributed by atoms with E-state index in [1.54, 1.807) is 7.11 Å². The molecule has 0 amide bonds. The lowest BCUT2D eigenvalue weighted by molar-refractivity contribution is 0.0945. The zero-order valence-electron chi connectivity index (χ0n) is 6.04. The fourth-order valence-corrected chi connectivity index (χ4v) is 2.55. The molecule has 1 aliphatic rings. The summed E-state index contributed by atoms with van der Waals surface area (Å²) in [5.74, 6) is 0.594. The first-order valence-electron chi connectivity index (χ1n) is 3.37. The molecule has 1 rings (SSSR count). The van der Waals surface area contributed by atoms with Crippen molar-refractivity contribution in [2.45, 2.75) is 18.9 Å². The van der Waals surface area contributed by atoms with Crippen molar-refractivity contribution in [3.8, 4) is 0 Å². The van der Waals surface area contributed by atoms with E-state index >= 15 is 0 Å². The topological polar surface area (TPSA) is 43.4 Å². The molecule has 3 nitrogen and oxygen atoms in total. The molecule has 0 spiro atoms. The van der Waals surface area contributed by atoms with Crippen LogP contribution in [-0.2, 0) is 14.6 Å². The van der Waals surface area contributed by atoms with Gasteiger partial charge in [0.25, 0.3) is 0 Å². The normalized spacial score (nSPS) is 26.5. The Morgan fingerprint density at radius 3 is 2.20 bits per heavy atom. The van der Waals surface area contributed by atoms with Gasteiger partial charge in [0.2, 0.25) is 0 Å². The van der Waals surface area contributed by atoms with Crippen molar-refractivity contribution in [1.29, 1.82) is 0 Å². The number of hydrogen-bond acceptors (Lipinski definition) is 3. The minimum atomic E-state index is -2.71. The lowest BCUT2D eigenvalue weighted by Crippen LogP contribution is -2.27. The van der Waals surface area contributed by atoms with Crippen LogP contribution in [0.4, 0.5) is 0 Å². The van der Waals surface area contributed by atoms with Crippen molar-refractivity contribution in [2.24, 2.45) is 0 Å². The summed E-state index contributed by atoms with van der Waals surface area (Å²) in [6, 6.07) is 0. The number of methoxy groups -OCH3 is 1. The first-order valence-corrected chi connectivity index (χ1v) is 5.19. The Morgan fingerprint density at radius 2 is 1.80 bits per heavy atom. The molecule has 0 saturated carbocycles. The van der Waals surface area contributed by atoms with Crippen molar-refractivity contribution >= 4 is 9.84 Å². The van der Waals surface area contributed by atoms with Crippen molar-refractivity contribution in [3.63, 3.8) is 0 Å². The minimum absolute atomic E-state index is 0.170. The molecular formula is C6H12O3S. The summed E-state index contributed by atoms with van der Waals surface area (Å²) in [5.41, 5.74) is 0. The minimum Gasteiger partial charge on any atom is -0.381 e. The molecule has 0 radical (unpaired) electrons. The smallest absolute Gasteiger partial charge is 0.150 e. The van der Waals surface area contributed by atoms with Crippen LogP contribution in [0.2, 0.25) is 0 Å². The zero-order valence-corrected chi connectivity index (χ0v) is 6.86. The molecule has 4 heteroatoms. The molecule has 1 aliphatic heterocycles. The average Bonchev–Trinajstić information content (AvgIpc) is 1.88. The fraction of sp³-hybridized carbons (Fsp3) is 1.00. The summed E-state index contributed by atoms with van der Waals surface area (Å²) < 4.78 is 26.7. The molecule has 0 bridgehead atoms. The summed E-state index contributed by atoms with van der Waals surface area (Å²) in [5, 5.41) is 0. The second-order valence-corrected chi connectivity index (χ2v) is 4.89. The van der Waals surface area contributed by atoms with E-state index in [0.717, 1.165) is 0 Å². The van der Waals surface area contributed by atoms with E-state index in [2.05, 4.69) is 0 Å². The van der Waals surface area contributed by atoms with Crippen LogP contribution in [0, 0.1) is 0 Å². The SMILES string of the molecule is COC1CCS(=O)(=O)CC1. The molecule has 10 heavy (non-hydrogen) atoms. The van der Waals surface area contributed by atoms with Crippen molar-refractivity contribution in [2.75, 3.05) is 18.6 Å². The number of hydrogen-bond donors (Lipinski definition) is 0. The van der Waals surface area contributed by atoms with Crippen molar-refractivity contribution in [3.05, 3.63) is 0 Å². The van der Waals surface area contributed by atoms with Crippen LogP contribution in [0.25, 0.3) is 0 Å². The summed E-state index contributed by atoms with van der Waals surface area (Å²) in [7, 11) is -1.08.